The molecular formula is C19H38N2. The Bertz CT molecular complexity index is 301. The van der Waals surface area contributed by atoms with Gasteiger partial charge in [0.2, 0.25) is 0 Å². The molecule has 3 atom stereocenters. The number of hydrogen-bond donors (Lipinski definition) is 1. The summed E-state index contributed by atoms with van der Waals surface area (Å²) in [6.45, 7) is 9.89. The van der Waals surface area contributed by atoms with Gasteiger partial charge in [-0.3, -0.25) is 0 Å². The fourth-order valence-corrected chi connectivity index (χ4v) is 4.74. The van der Waals surface area contributed by atoms with Crippen LogP contribution in [0.4, 0.5) is 0 Å². The number of nitrogens with one attached hydrogen (secondary N) is 1. The van der Waals surface area contributed by atoms with E-state index in [1.807, 2.05) is 0 Å². The van der Waals surface area contributed by atoms with Gasteiger partial charge in [0.1, 0.15) is 0 Å². The molecule has 0 aliphatic heterocycles. The number of rotatable bonds is 5. The normalized spacial score (nSPS) is 32.0. The Balaban J connectivity index is 1.87. The van der Waals surface area contributed by atoms with Crippen LogP contribution in [0.2, 0.25) is 0 Å². The maximum absolute atomic E-state index is 3.60. The van der Waals surface area contributed by atoms with Crippen molar-refractivity contribution in [3.05, 3.63) is 0 Å². The molecule has 124 valence electrons. The highest BCUT2D eigenvalue weighted by molar-refractivity contribution is 4.89. The number of hydrogen-bond acceptors (Lipinski definition) is 2. The molecule has 0 heterocycles. The second-order valence-corrected chi connectivity index (χ2v) is 8.90. The molecule has 0 aromatic heterocycles. The van der Waals surface area contributed by atoms with Crippen molar-refractivity contribution in [1.82, 2.24) is 10.2 Å². The van der Waals surface area contributed by atoms with E-state index in [4.69, 9.17) is 0 Å². The average molecular weight is 295 g/mol. The van der Waals surface area contributed by atoms with E-state index in [0.29, 0.717) is 5.41 Å². The average Bonchev–Trinajstić information content (AvgIpc) is 2.90. The second-order valence-electron chi connectivity index (χ2n) is 8.90. The summed E-state index contributed by atoms with van der Waals surface area (Å²) in [5.74, 6) is 2.70. The van der Waals surface area contributed by atoms with E-state index in [1.165, 1.54) is 58.0 Å². The van der Waals surface area contributed by atoms with Crippen LogP contribution in [0.25, 0.3) is 0 Å². The molecule has 2 heteroatoms. The highest BCUT2D eigenvalue weighted by atomic mass is 15.1. The Morgan fingerprint density at radius 3 is 2.24 bits per heavy atom. The molecule has 2 saturated carbocycles. The molecular weight excluding hydrogens is 256 g/mol. The van der Waals surface area contributed by atoms with E-state index in [2.05, 4.69) is 45.1 Å². The standard InChI is InChI=1S/C19H38N2/c1-19(2,3)17-10-11-18(20-4)16(12-17)14-21(5)13-15-8-6-7-9-15/h15-18,20H,6-14H2,1-5H3. The molecule has 0 saturated heterocycles. The van der Waals surface area contributed by atoms with Gasteiger partial charge < -0.3 is 10.2 Å². The minimum Gasteiger partial charge on any atom is -0.317 e. The minimum absolute atomic E-state index is 0.473. The molecule has 0 aromatic carbocycles. The maximum Gasteiger partial charge on any atom is 0.0105 e. The molecule has 0 radical (unpaired) electrons. The summed E-state index contributed by atoms with van der Waals surface area (Å²) in [5.41, 5.74) is 0.473. The highest BCUT2D eigenvalue weighted by Crippen LogP contribution is 2.40. The summed E-state index contributed by atoms with van der Waals surface area (Å²) in [5, 5.41) is 3.60. The molecule has 2 fully saturated rings. The van der Waals surface area contributed by atoms with Crippen molar-refractivity contribution in [2.45, 2.75) is 71.8 Å². The summed E-state index contributed by atoms with van der Waals surface area (Å²) in [4.78, 5) is 2.63. The van der Waals surface area contributed by atoms with Crippen LogP contribution in [0.3, 0.4) is 0 Å². The van der Waals surface area contributed by atoms with Crippen molar-refractivity contribution in [2.24, 2.45) is 23.2 Å². The Labute approximate surface area is 133 Å². The monoisotopic (exact) mass is 294 g/mol. The van der Waals surface area contributed by atoms with Crippen LogP contribution in [0.5, 0.6) is 0 Å². The third kappa shape index (κ3) is 4.96. The lowest BCUT2D eigenvalue weighted by molar-refractivity contribution is 0.0924. The largest absolute Gasteiger partial charge is 0.317 e. The molecule has 0 bridgehead atoms. The van der Waals surface area contributed by atoms with Crippen LogP contribution in [0.15, 0.2) is 0 Å². The molecule has 0 amide bonds. The molecule has 0 aromatic rings. The van der Waals surface area contributed by atoms with Gasteiger partial charge in [0, 0.05) is 19.1 Å². The van der Waals surface area contributed by atoms with E-state index in [0.717, 1.165) is 23.8 Å². The predicted molar refractivity (Wildman–Crippen MR) is 92.6 cm³/mol. The van der Waals surface area contributed by atoms with E-state index in [-0.39, 0.29) is 0 Å². The second kappa shape index (κ2) is 7.46. The van der Waals surface area contributed by atoms with Gasteiger partial charge >= 0.3 is 0 Å². The smallest absolute Gasteiger partial charge is 0.0105 e. The van der Waals surface area contributed by atoms with Crippen molar-refractivity contribution < 1.29 is 0 Å². The Hall–Kier alpha value is -0.0800. The minimum atomic E-state index is 0.473. The molecule has 1 N–H and O–H groups in total. The summed E-state index contributed by atoms with van der Waals surface area (Å²) in [7, 11) is 4.51. The van der Waals surface area contributed by atoms with Crippen molar-refractivity contribution in [1.29, 1.82) is 0 Å². The highest BCUT2D eigenvalue weighted by Gasteiger charge is 2.35. The van der Waals surface area contributed by atoms with Gasteiger partial charge in [-0.2, -0.15) is 0 Å². The Morgan fingerprint density at radius 2 is 1.67 bits per heavy atom. The Kier molecular flexibility index (Phi) is 6.14. The lowest BCUT2D eigenvalue weighted by atomic mass is 9.67. The van der Waals surface area contributed by atoms with Crippen LogP contribution < -0.4 is 5.32 Å². The predicted octanol–water partition coefficient (Wildman–Crippen LogP) is 4.16. The van der Waals surface area contributed by atoms with Crippen molar-refractivity contribution >= 4 is 0 Å². The van der Waals surface area contributed by atoms with Gasteiger partial charge in [-0.1, -0.05) is 33.6 Å². The van der Waals surface area contributed by atoms with E-state index < -0.39 is 0 Å². The summed E-state index contributed by atoms with van der Waals surface area (Å²) < 4.78 is 0. The molecule has 2 aliphatic rings. The first-order valence-electron chi connectivity index (χ1n) is 9.26. The third-order valence-electron chi connectivity index (χ3n) is 6.17. The fourth-order valence-electron chi connectivity index (χ4n) is 4.74. The van der Waals surface area contributed by atoms with E-state index in [1.54, 1.807) is 0 Å². The summed E-state index contributed by atoms with van der Waals surface area (Å²) >= 11 is 0. The van der Waals surface area contributed by atoms with Crippen molar-refractivity contribution in [2.75, 3.05) is 27.2 Å². The molecule has 2 nitrogen and oxygen atoms in total. The zero-order chi connectivity index (χ0) is 15.5. The molecule has 0 spiro atoms. The van der Waals surface area contributed by atoms with Crippen molar-refractivity contribution in [3.63, 3.8) is 0 Å². The lowest BCUT2D eigenvalue weighted by Crippen LogP contribution is -2.46. The van der Waals surface area contributed by atoms with Gasteiger partial charge in [-0.25, -0.2) is 0 Å². The summed E-state index contributed by atoms with van der Waals surface area (Å²) in [6, 6.07) is 0.731. The Morgan fingerprint density at radius 1 is 1.00 bits per heavy atom. The molecule has 2 aliphatic carbocycles. The third-order valence-corrected chi connectivity index (χ3v) is 6.17. The summed E-state index contributed by atoms with van der Waals surface area (Å²) in [6.07, 6.45) is 10.0. The van der Waals surface area contributed by atoms with Gasteiger partial charge in [0.05, 0.1) is 0 Å². The quantitative estimate of drug-likeness (QED) is 0.819. The van der Waals surface area contributed by atoms with Gasteiger partial charge in [0.25, 0.3) is 0 Å². The van der Waals surface area contributed by atoms with Crippen LogP contribution >= 0.6 is 0 Å². The fraction of sp³-hybridized carbons (Fsp3) is 1.00. The first-order chi connectivity index (χ1) is 9.90. The van der Waals surface area contributed by atoms with E-state index in [9.17, 15) is 0 Å². The van der Waals surface area contributed by atoms with Crippen LogP contribution in [-0.2, 0) is 0 Å². The molecule has 3 unspecified atom stereocenters. The van der Waals surface area contributed by atoms with Gasteiger partial charge in [-0.15, -0.1) is 0 Å². The SMILES string of the molecule is CNC1CCC(C(C)(C)C)CC1CN(C)CC1CCCC1. The van der Waals surface area contributed by atoms with E-state index >= 15 is 0 Å². The topological polar surface area (TPSA) is 15.3 Å². The van der Waals surface area contributed by atoms with Crippen LogP contribution in [0.1, 0.15) is 65.7 Å². The number of nitrogens with zero attached hydrogens (tertiary/aromatic N) is 1. The lowest BCUT2D eigenvalue weighted by Gasteiger charge is -2.43. The van der Waals surface area contributed by atoms with Gasteiger partial charge in [-0.05, 0) is 69.4 Å². The molecule has 21 heavy (non-hydrogen) atoms. The van der Waals surface area contributed by atoms with Crippen molar-refractivity contribution in [3.8, 4) is 0 Å². The first kappa shape index (κ1) is 17.3. The van der Waals surface area contributed by atoms with Gasteiger partial charge in [0.15, 0.2) is 0 Å². The van der Waals surface area contributed by atoms with Crippen LogP contribution in [0, 0.1) is 23.2 Å². The first-order valence-corrected chi connectivity index (χ1v) is 9.26. The maximum atomic E-state index is 3.60. The molecule has 2 rings (SSSR count). The zero-order valence-corrected chi connectivity index (χ0v) is 15.1. The van der Waals surface area contributed by atoms with Crippen LogP contribution in [-0.4, -0.2) is 38.1 Å². The zero-order valence-electron chi connectivity index (χ0n) is 15.1.